The third-order valence-electron chi connectivity index (χ3n) is 5.61. The van der Waals surface area contributed by atoms with E-state index >= 15 is 0 Å². The maximum absolute atomic E-state index is 6.13. The molecule has 20 heavy (non-hydrogen) atoms. The van der Waals surface area contributed by atoms with Crippen LogP contribution in [0.3, 0.4) is 0 Å². The lowest BCUT2D eigenvalue weighted by Crippen LogP contribution is -2.52. The monoisotopic (exact) mass is 283 g/mol. The molecule has 3 rings (SSSR count). The van der Waals surface area contributed by atoms with Crippen molar-refractivity contribution in [2.45, 2.75) is 69.3 Å². The van der Waals surface area contributed by atoms with Gasteiger partial charge in [0.15, 0.2) is 0 Å². The van der Waals surface area contributed by atoms with Gasteiger partial charge in [-0.2, -0.15) is 0 Å². The fourth-order valence-electron chi connectivity index (χ4n) is 4.26. The van der Waals surface area contributed by atoms with Crippen LogP contribution in [0.2, 0.25) is 0 Å². The van der Waals surface area contributed by atoms with Crippen molar-refractivity contribution in [3.63, 3.8) is 0 Å². The Kier molecular flexibility index (Phi) is 4.97. The fourth-order valence-corrected chi connectivity index (χ4v) is 4.26. The second kappa shape index (κ2) is 6.73. The average molecular weight is 283 g/mol. The second-order valence-corrected chi connectivity index (χ2v) is 6.70. The number of fused-ring (bicyclic) bond motifs is 1. The van der Waals surface area contributed by atoms with Crippen LogP contribution >= 0.6 is 0 Å². The van der Waals surface area contributed by atoms with Crippen LogP contribution < -0.4 is 0 Å². The molecule has 4 nitrogen and oxygen atoms in total. The van der Waals surface area contributed by atoms with Crippen molar-refractivity contribution in [2.75, 3.05) is 27.5 Å². The normalized spacial score (nSPS) is 43.2. The highest BCUT2D eigenvalue weighted by atomic mass is 16.5. The average Bonchev–Trinajstić information content (AvgIpc) is 2.54. The van der Waals surface area contributed by atoms with Crippen LogP contribution in [-0.2, 0) is 14.2 Å². The summed E-state index contributed by atoms with van der Waals surface area (Å²) in [4.78, 5) is 2.57. The lowest BCUT2D eigenvalue weighted by molar-refractivity contribution is -0.151. The molecule has 3 fully saturated rings. The van der Waals surface area contributed by atoms with E-state index in [9.17, 15) is 0 Å². The summed E-state index contributed by atoms with van der Waals surface area (Å²) in [6.07, 6.45) is 9.84. The van der Waals surface area contributed by atoms with E-state index in [1.807, 2.05) is 14.2 Å². The third-order valence-corrected chi connectivity index (χ3v) is 5.61. The Bertz CT molecular complexity index is 304. The number of rotatable bonds is 3. The summed E-state index contributed by atoms with van der Waals surface area (Å²) >= 11 is 0. The van der Waals surface area contributed by atoms with E-state index in [1.54, 1.807) is 0 Å². The zero-order valence-corrected chi connectivity index (χ0v) is 12.9. The summed E-state index contributed by atoms with van der Waals surface area (Å²) in [6.45, 7) is 2.04. The highest BCUT2D eigenvalue weighted by molar-refractivity contribution is 4.89. The van der Waals surface area contributed by atoms with Gasteiger partial charge in [0.1, 0.15) is 0 Å². The van der Waals surface area contributed by atoms with Gasteiger partial charge in [0.2, 0.25) is 0 Å². The van der Waals surface area contributed by atoms with Gasteiger partial charge in [-0.1, -0.05) is 0 Å². The largest absolute Gasteiger partial charge is 0.381 e. The Hall–Kier alpha value is -0.160. The molecule has 3 unspecified atom stereocenters. The highest BCUT2D eigenvalue weighted by Crippen LogP contribution is 2.35. The van der Waals surface area contributed by atoms with E-state index in [0.29, 0.717) is 30.3 Å². The number of hydrogen-bond acceptors (Lipinski definition) is 4. The molecule has 0 aromatic heterocycles. The molecule has 2 aliphatic carbocycles. The Labute approximate surface area is 122 Å². The first kappa shape index (κ1) is 14.8. The van der Waals surface area contributed by atoms with Gasteiger partial charge in [-0.15, -0.1) is 0 Å². The van der Waals surface area contributed by atoms with E-state index in [1.165, 1.54) is 45.1 Å². The molecule has 0 aromatic carbocycles. The van der Waals surface area contributed by atoms with Gasteiger partial charge in [0, 0.05) is 32.7 Å². The molecule has 0 aromatic rings. The van der Waals surface area contributed by atoms with Crippen molar-refractivity contribution in [1.82, 2.24) is 4.90 Å². The highest BCUT2D eigenvalue weighted by Gasteiger charge is 2.38. The molecule has 0 N–H and O–H groups in total. The van der Waals surface area contributed by atoms with E-state index in [2.05, 4.69) is 4.90 Å². The van der Waals surface area contributed by atoms with Crippen molar-refractivity contribution < 1.29 is 14.2 Å². The maximum Gasteiger partial charge on any atom is 0.0996 e. The molecule has 0 amide bonds. The van der Waals surface area contributed by atoms with Crippen LogP contribution in [-0.4, -0.2) is 56.7 Å². The predicted octanol–water partition coefficient (Wildman–Crippen LogP) is 2.42. The summed E-state index contributed by atoms with van der Waals surface area (Å²) < 4.78 is 17.2. The number of hydrogen-bond donors (Lipinski definition) is 0. The summed E-state index contributed by atoms with van der Waals surface area (Å²) in [5, 5.41) is 0. The Morgan fingerprint density at radius 1 is 0.900 bits per heavy atom. The molecule has 2 saturated carbocycles. The smallest absolute Gasteiger partial charge is 0.0996 e. The maximum atomic E-state index is 6.13. The first-order valence-electron chi connectivity index (χ1n) is 8.21. The van der Waals surface area contributed by atoms with Gasteiger partial charge in [-0.05, 0) is 44.9 Å². The van der Waals surface area contributed by atoms with Crippen LogP contribution in [0.1, 0.15) is 44.9 Å². The zero-order chi connectivity index (χ0) is 13.9. The molecule has 4 heteroatoms. The zero-order valence-electron chi connectivity index (χ0n) is 12.9. The van der Waals surface area contributed by atoms with Gasteiger partial charge in [-0.25, -0.2) is 0 Å². The summed E-state index contributed by atoms with van der Waals surface area (Å²) in [5.41, 5.74) is 0. The lowest BCUT2D eigenvalue weighted by atomic mass is 9.82. The minimum Gasteiger partial charge on any atom is -0.381 e. The van der Waals surface area contributed by atoms with Crippen molar-refractivity contribution in [3.8, 4) is 0 Å². The van der Waals surface area contributed by atoms with Crippen LogP contribution in [0.4, 0.5) is 0 Å². The van der Waals surface area contributed by atoms with Crippen LogP contribution in [0.15, 0.2) is 0 Å². The van der Waals surface area contributed by atoms with Gasteiger partial charge < -0.3 is 14.2 Å². The molecule has 0 spiro atoms. The van der Waals surface area contributed by atoms with Crippen molar-refractivity contribution in [2.24, 2.45) is 5.92 Å². The van der Waals surface area contributed by atoms with Crippen LogP contribution in [0.25, 0.3) is 0 Å². The Balaban J connectivity index is 1.52. The van der Waals surface area contributed by atoms with Crippen molar-refractivity contribution >= 4 is 0 Å². The molecular formula is C16H29NO3. The summed E-state index contributed by atoms with van der Waals surface area (Å²) in [7, 11) is 3.69. The summed E-state index contributed by atoms with van der Waals surface area (Å²) in [5.74, 6) is 0.669. The first-order valence-corrected chi connectivity index (χ1v) is 8.21. The first-order chi connectivity index (χ1) is 9.80. The third kappa shape index (κ3) is 3.19. The lowest BCUT2D eigenvalue weighted by Gasteiger charge is -2.46. The molecule has 0 bridgehead atoms. The van der Waals surface area contributed by atoms with E-state index < -0.39 is 0 Å². The molecular weight excluding hydrogens is 254 g/mol. The standard InChI is InChI=1S/C16H29NO3/c1-18-14-5-3-13(4-6-14)17-10-12-9-15(19-2)7-8-16(12)20-11-17/h12-16H,3-11H2,1-2H3. The topological polar surface area (TPSA) is 30.9 Å². The predicted molar refractivity (Wildman–Crippen MR) is 77.6 cm³/mol. The molecule has 3 atom stereocenters. The molecule has 3 aliphatic rings. The number of ether oxygens (including phenoxy) is 3. The van der Waals surface area contributed by atoms with Gasteiger partial charge in [0.05, 0.1) is 25.0 Å². The van der Waals surface area contributed by atoms with E-state index in [0.717, 1.165) is 13.2 Å². The van der Waals surface area contributed by atoms with Crippen molar-refractivity contribution in [1.29, 1.82) is 0 Å². The van der Waals surface area contributed by atoms with E-state index in [4.69, 9.17) is 14.2 Å². The second-order valence-electron chi connectivity index (χ2n) is 6.70. The SMILES string of the molecule is COC1CCC(N2COC3CCC(OC)CC3C2)CC1. The molecule has 116 valence electrons. The van der Waals surface area contributed by atoms with Crippen molar-refractivity contribution in [3.05, 3.63) is 0 Å². The minimum atomic E-state index is 0.448. The Morgan fingerprint density at radius 3 is 2.30 bits per heavy atom. The Morgan fingerprint density at radius 2 is 1.60 bits per heavy atom. The van der Waals surface area contributed by atoms with Gasteiger partial charge in [-0.3, -0.25) is 4.90 Å². The molecule has 1 aliphatic heterocycles. The van der Waals surface area contributed by atoms with E-state index in [-0.39, 0.29) is 0 Å². The molecule has 1 saturated heterocycles. The van der Waals surface area contributed by atoms with Crippen LogP contribution in [0.5, 0.6) is 0 Å². The van der Waals surface area contributed by atoms with Gasteiger partial charge in [0.25, 0.3) is 0 Å². The van der Waals surface area contributed by atoms with Crippen LogP contribution in [0, 0.1) is 5.92 Å². The van der Waals surface area contributed by atoms with Gasteiger partial charge >= 0.3 is 0 Å². The number of nitrogens with zero attached hydrogens (tertiary/aromatic N) is 1. The minimum absolute atomic E-state index is 0.448. The quantitative estimate of drug-likeness (QED) is 0.796. The summed E-state index contributed by atoms with van der Waals surface area (Å²) in [6, 6.07) is 0.699. The molecule has 0 radical (unpaired) electrons. The number of methoxy groups -OCH3 is 2. The fraction of sp³-hybridized carbons (Fsp3) is 1.00. The molecule has 1 heterocycles.